The van der Waals surface area contributed by atoms with Crippen molar-refractivity contribution in [3.05, 3.63) is 58.6 Å². The van der Waals surface area contributed by atoms with E-state index in [2.05, 4.69) is 29.2 Å². The van der Waals surface area contributed by atoms with E-state index in [1.807, 2.05) is 18.2 Å². The van der Waals surface area contributed by atoms with Gasteiger partial charge in [-0.2, -0.15) is 0 Å². The molecular weight excluding hydrogens is 523 g/mol. The number of carbonyl (C=O) groups is 2. The van der Waals surface area contributed by atoms with Crippen molar-refractivity contribution in [2.24, 2.45) is 5.92 Å². The highest BCUT2D eigenvalue weighted by molar-refractivity contribution is 7.89. The summed E-state index contributed by atoms with van der Waals surface area (Å²) < 4.78 is 27.5. The Morgan fingerprint density at radius 1 is 1.03 bits per heavy atom. The molecule has 0 saturated carbocycles. The number of nitrogens with zero attached hydrogens (tertiary/aromatic N) is 1. The summed E-state index contributed by atoms with van der Waals surface area (Å²) in [6.45, 7) is 6.60. The van der Waals surface area contributed by atoms with Gasteiger partial charge in [-0.25, -0.2) is 17.9 Å². The van der Waals surface area contributed by atoms with Crippen LogP contribution in [-0.2, 0) is 14.8 Å². The second-order valence-corrected chi connectivity index (χ2v) is 11.5. The van der Waals surface area contributed by atoms with E-state index in [0.29, 0.717) is 49.0 Å². The maximum absolute atomic E-state index is 12.5. The number of anilines is 1. The summed E-state index contributed by atoms with van der Waals surface area (Å²) in [4.78, 5) is 26.4. The largest absolute Gasteiger partial charge is 0.341 e. The van der Waals surface area contributed by atoms with Crippen molar-refractivity contribution in [2.75, 3.05) is 25.0 Å². The third-order valence-corrected chi connectivity index (χ3v) is 7.52. The summed E-state index contributed by atoms with van der Waals surface area (Å²) in [6.07, 6.45) is 1.81. The number of para-hydroxylation sites is 1. The molecule has 0 aliphatic heterocycles. The summed E-state index contributed by atoms with van der Waals surface area (Å²) in [5.74, 6) is 0.206. The van der Waals surface area contributed by atoms with E-state index in [-0.39, 0.29) is 34.4 Å². The minimum Gasteiger partial charge on any atom is -0.341 e. The molecule has 2 aromatic carbocycles. The third-order valence-electron chi connectivity index (χ3n) is 5.34. The zero-order valence-corrected chi connectivity index (χ0v) is 23.1. The molecule has 2 rings (SSSR count). The number of benzene rings is 2. The van der Waals surface area contributed by atoms with Gasteiger partial charge in [-0.1, -0.05) is 55.2 Å². The summed E-state index contributed by atoms with van der Waals surface area (Å²) in [5.41, 5.74) is 0.684. The van der Waals surface area contributed by atoms with Gasteiger partial charge in [0.15, 0.2) is 0 Å². The smallest absolute Gasteiger partial charge is 0.319 e. The Morgan fingerprint density at radius 3 is 2.33 bits per heavy atom. The van der Waals surface area contributed by atoms with Gasteiger partial charge in [0.1, 0.15) is 4.90 Å². The minimum absolute atomic E-state index is 0.0321. The average Bonchev–Trinajstić information content (AvgIpc) is 2.77. The lowest BCUT2D eigenvalue weighted by molar-refractivity contribution is -0.129. The van der Waals surface area contributed by atoms with E-state index in [1.165, 1.54) is 25.1 Å². The predicted octanol–water partition coefficient (Wildman–Crippen LogP) is 5.14. The first kappa shape index (κ1) is 29.9. The molecule has 2 aromatic rings. The molecular formula is C25H34Cl2N4O4S. The Labute approximate surface area is 223 Å². The van der Waals surface area contributed by atoms with Crippen LogP contribution in [0, 0.1) is 5.92 Å². The molecule has 0 aliphatic carbocycles. The number of amides is 3. The molecule has 0 radical (unpaired) electrons. The topological polar surface area (TPSA) is 108 Å². The zero-order valence-electron chi connectivity index (χ0n) is 20.8. The predicted molar refractivity (Wildman–Crippen MR) is 145 cm³/mol. The maximum Gasteiger partial charge on any atom is 0.319 e. The number of unbranched alkanes of at least 4 members (excludes halogenated alkanes) is 1. The molecule has 0 aromatic heterocycles. The molecule has 0 bridgehead atoms. The number of hydrogen-bond acceptors (Lipinski definition) is 4. The Kier molecular flexibility index (Phi) is 12.0. The Morgan fingerprint density at radius 2 is 1.72 bits per heavy atom. The van der Waals surface area contributed by atoms with Gasteiger partial charge in [0.05, 0.1) is 5.02 Å². The van der Waals surface area contributed by atoms with Crippen molar-refractivity contribution >= 4 is 50.9 Å². The second-order valence-electron chi connectivity index (χ2n) is 8.94. The van der Waals surface area contributed by atoms with Crippen molar-refractivity contribution < 1.29 is 18.0 Å². The maximum atomic E-state index is 12.5. The number of nitrogens with one attached hydrogen (secondary N) is 3. The van der Waals surface area contributed by atoms with Crippen molar-refractivity contribution in [3.8, 4) is 0 Å². The van der Waals surface area contributed by atoms with Crippen LogP contribution in [-0.4, -0.2) is 50.9 Å². The highest BCUT2D eigenvalue weighted by atomic mass is 35.5. The van der Waals surface area contributed by atoms with Crippen LogP contribution in [0.15, 0.2) is 53.4 Å². The first-order chi connectivity index (χ1) is 17.0. The zero-order chi connectivity index (χ0) is 26.7. The van der Waals surface area contributed by atoms with Gasteiger partial charge >= 0.3 is 6.03 Å². The fourth-order valence-electron chi connectivity index (χ4n) is 3.67. The number of rotatable bonds is 13. The van der Waals surface area contributed by atoms with Crippen LogP contribution in [0.4, 0.5) is 10.5 Å². The first-order valence-corrected chi connectivity index (χ1v) is 14.0. The van der Waals surface area contributed by atoms with E-state index in [0.717, 1.165) is 0 Å². The van der Waals surface area contributed by atoms with Crippen LogP contribution >= 0.6 is 23.2 Å². The molecule has 1 atom stereocenters. The molecule has 198 valence electrons. The average molecular weight is 558 g/mol. The van der Waals surface area contributed by atoms with E-state index < -0.39 is 10.0 Å². The molecule has 11 heteroatoms. The van der Waals surface area contributed by atoms with Crippen LogP contribution < -0.4 is 15.4 Å². The van der Waals surface area contributed by atoms with Gasteiger partial charge < -0.3 is 15.5 Å². The molecule has 0 spiro atoms. The quantitative estimate of drug-likeness (QED) is 0.297. The van der Waals surface area contributed by atoms with Crippen LogP contribution in [0.5, 0.6) is 0 Å². The van der Waals surface area contributed by atoms with Crippen LogP contribution in [0.3, 0.4) is 0 Å². The lowest BCUT2D eigenvalue weighted by Crippen LogP contribution is -2.47. The van der Waals surface area contributed by atoms with Crippen molar-refractivity contribution in [1.82, 2.24) is 14.9 Å². The molecule has 0 fully saturated rings. The molecule has 8 nitrogen and oxygen atoms in total. The lowest BCUT2D eigenvalue weighted by atomic mass is 10.0. The fourth-order valence-corrected chi connectivity index (χ4v) is 5.52. The van der Waals surface area contributed by atoms with Crippen molar-refractivity contribution in [3.63, 3.8) is 0 Å². The summed E-state index contributed by atoms with van der Waals surface area (Å²) in [6, 6.07) is 12.8. The number of hydrogen-bond donors (Lipinski definition) is 3. The van der Waals surface area contributed by atoms with Gasteiger partial charge in [0.2, 0.25) is 15.9 Å². The molecule has 0 saturated heterocycles. The number of carbonyl (C=O) groups excluding carboxylic acids is 2. The Hall–Kier alpha value is -2.33. The Balaban J connectivity index is 1.87. The van der Waals surface area contributed by atoms with E-state index in [1.54, 1.807) is 17.0 Å². The molecule has 0 aliphatic rings. The SMILES string of the molecule is CC(=O)N(CCCCNS(=O)(=O)c1ccc(Cl)cc1Cl)C[C@@H](CC(C)C)NC(=O)Nc1ccccc1. The van der Waals surface area contributed by atoms with Crippen molar-refractivity contribution in [1.29, 1.82) is 0 Å². The number of halogens is 2. The summed E-state index contributed by atoms with van der Waals surface area (Å²) in [5, 5.41) is 6.19. The fraction of sp³-hybridized carbons (Fsp3) is 0.440. The van der Waals surface area contributed by atoms with Gasteiger partial charge in [-0.15, -0.1) is 0 Å². The lowest BCUT2D eigenvalue weighted by Gasteiger charge is -2.28. The van der Waals surface area contributed by atoms with E-state index in [4.69, 9.17) is 23.2 Å². The minimum atomic E-state index is -3.77. The first-order valence-electron chi connectivity index (χ1n) is 11.8. The van der Waals surface area contributed by atoms with Gasteiger partial charge in [0, 0.05) is 43.3 Å². The van der Waals surface area contributed by atoms with E-state index >= 15 is 0 Å². The third kappa shape index (κ3) is 10.3. The van der Waals surface area contributed by atoms with Crippen molar-refractivity contribution in [2.45, 2.75) is 51.0 Å². The van der Waals surface area contributed by atoms with Gasteiger partial charge in [-0.05, 0) is 55.5 Å². The van der Waals surface area contributed by atoms with Gasteiger partial charge in [0.25, 0.3) is 0 Å². The molecule has 3 amide bonds. The highest BCUT2D eigenvalue weighted by Gasteiger charge is 2.20. The molecule has 0 heterocycles. The monoisotopic (exact) mass is 556 g/mol. The number of urea groups is 1. The summed E-state index contributed by atoms with van der Waals surface area (Å²) in [7, 11) is -3.77. The highest BCUT2D eigenvalue weighted by Crippen LogP contribution is 2.24. The molecule has 3 N–H and O–H groups in total. The van der Waals surface area contributed by atoms with Crippen LogP contribution in [0.1, 0.15) is 40.0 Å². The molecule has 0 unspecified atom stereocenters. The van der Waals surface area contributed by atoms with Crippen LogP contribution in [0.25, 0.3) is 0 Å². The van der Waals surface area contributed by atoms with Gasteiger partial charge in [-0.3, -0.25) is 4.79 Å². The second kappa shape index (κ2) is 14.4. The van der Waals surface area contributed by atoms with Crippen LogP contribution in [0.2, 0.25) is 10.0 Å². The Bertz CT molecular complexity index is 1110. The summed E-state index contributed by atoms with van der Waals surface area (Å²) >= 11 is 11.9. The normalized spacial score (nSPS) is 12.3. The number of sulfonamides is 1. The molecule has 36 heavy (non-hydrogen) atoms. The standard InChI is InChI=1S/C25H34Cl2N4O4S/c1-18(2)15-22(30-25(33)29-21-9-5-4-6-10-21)17-31(19(3)32)14-8-7-13-28-36(34,35)24-12-11-20(26)16-23(24)27/h4-6,9-12,16,18,22,28H,7-8,13-15,17H2,1-3H3,(H2,29,30,33)/t22-/m1/s1. The van der Waals surface area contributed by atoms with E-state index in [9.17, 15) is 18.0 Å².